The van der Waals surface area contributed by atoms with E-state index in [9.17, 15) is 5.11 Å². The van der Waals surface area contributed by atoms with Gasteiger partial charge in [0.05, 0.1) is 6.61 Å². The highest BCUT2D eigenvalue weighted by Crippen LogP contribution is 2.25. The fourth-order valence-electron chi connectivity index (χ4n) is 1.12. The Morgan fingerprint density at radius 2 is 2.14 bits per heavy atom. The van der Waals surface area contributed by atoms with Crippen molar-refractivity contribution in [2.45, 2.75) is 13.0 Å². The topological polar surface area (TPSA) is 38.7 Å². The van der Waals surface area contributed by atoms with Gasteiger partial charge >= 0.3 is 0 Å². The van der Waals surface area contributed by atoms with E-state index in [4.69, 9.17) is 9.47 Å². The van der Waals surface area contributed by atoms with Crippen molar-refractivity contribution in [1.29, 1.82) is 0 Å². The van der Waals surface area contributed by atoms with Crippen LogP contribution in [0.3, 0.4) is 0 Å². The number of ether oxygens (including phenoxy) is 2. The summed E-state index contributed by atoms with van der Waals surface area (Å²) in [6, 6.07) is 4.97. The van der Waals surface area contributed by atoms with Crippen LogP contribution in [0.15, 0.2) is 22.7 Å². The normalized spacial score (nSPS) is 12.5. The molecular formula is C10H13BrO3. The molecule has 3 nitrogen and oxygen atoms in total. The maximum atomic E-state index is 9.30. The molecule has 0 aliphatic rings. The number of hydrogen-bond donors (Lipinski definition) is 1. The third kappa shape index (κ3) is 3.55. The van der Waals surface area contributed by atoms with Crippen LogP contribution in [0.25, 0.3) is 0 Å². The summed E-state index contributed by atoms with van der Waals surface area (Å²) in [4.78, 5) is 0. The molecule has 4 heteroatoms. The van der Waals surface area contributed by atoms with E-state index in [0.717, 1.165) is 4.47 Å². The third-order valence-corrected chi connectivity index (χ3v) is 2.05. The summed E-state index contributed by atoms with van der Waals surface area (Å²) in [5, 5.41) is 9.30. The second-order valence-corrected chi connectivity index (χ2v) is 3.94. The molecule has 0 saturated carbocycles. The summed E-state index contributed by atoms with van der Waals surface area (Å²) < 4.78 is 11.2. The standard InChI is InChI=1S/C10H13BrO3/c1-7(6-13-2)14-10-4-8(11)3-9(12)5-10/h3-5,7,12H,6H2,1-2H3/t7-/m0/s1. The fraction of sp³-hybridized carbons (Fsp3) is 0.400. The lowest BCUT2D eigenvalue weighted by Crippen LogP contribution is -2.17. The van der Waals surface area contributed by atoms with E-state index in [0.29, 0.717) is 12.4 Å². The molecule has 0 aliphatic heterocycles. The van der Waals surface area contributed by atoms with Gasteiger partial charge in [-0.15, -0.1) is 0 Å². The summed E-state index contributed by atoms with van der Waals surface area (Å²) in [6.07, 6.45) is -0.0336. The minimum atomic E-state index is -0.0336. The van der Waals surface area contributed by atoms with Crippen molar-refractivity contribution in [3.05, 3.63) is 22.7 Å². The number of benzene rings is 1. The van der Waals surface area contributed by atoms with Crippen LogP contribution in [0.1, 0.15) is 6.92 Å². The van der Waals surface area contributed by atoms with Gasteiger partial charge in [-0.2, -0.15) is 0 Å². The number of hydrogen-bond acceptors (Lipinski definition) is 3. The molecule has 1 rings (SSSR count). The number of aromatic hydroxyl groups is 1. The van der Waals surface area contributed by atoms with Crippen LogP contribution >= 0.6 is 15.9 Å². The molecule has 1 aromatic carbocycles. The molecule has 0 heterocycles. The van der Waals surface area contributed by atoms with Gasteiger partial charge in [0.15, 0.2) is 0 Å². The first-order valence-electron chi connectivity index (χ1n) is 4.27. The molecule has 0 fully saturated rings. The van der Waals surface area contributed by atoms with Crippen LogP contribution in [0, 0.1) is 0 Å². The van der Waals surface area contributed by atoms with Gasteiger partial charge in [0.2, 0.25) is 0 Å². The van der Waals surface area contributed by atoms with E-state index in [1.165, 1.54) is 0 Å². The fourth-order valence-corrected chi connectivity index (χ4v) is 1.58. The molecule has 0 spiro atoms. The molecule has 0 radical (unpaired) electrons. The lowest BCUT2D eigenvalue weighted by atomic mass is 10.3. The largest absolute Gasteiger partial charge is 0.508 e. The highest BCUT2D eigenvalue weighted by atomic mass is 79.9. The lowest BCUT2D eigenvalue weighted by molar-refractivity contribution is 0.0919. The van der Waals surface area contributed by atoms with E-state index in [-0.39, 0.29) is 11.9 Å². The summed E-state index contributed by atoms with van der Waals surface area (Å²) in [5.41, 5.74) is 0. The average Bonchev–Trinajstić information content (AvgIpc) is 2.01. The zero-order valence-electron chi connectivity index (χ0n) is 8.16. The number of phenolic OH excluding ortho intramolecular Hbond substituents is 1. The van der Waals surface area contributed by atoms with Gasteiger partial charge in [0.1, 0.15) is 17.6 Å². The molecule has 0 bridgehead atoms. The van der Waals surface area contributed by atoms with Gasteiger partial charge in [0.25, 0.3) is 0 Å². The van der Waals surface area contributed by atoms with Crippen molar-refractivity contribution in [1.82, 2.24) is 0 Å². The van der Waals surface area contributed by atoms with Gasteiger partial charge in [-0.1, -0.05) is 15.9 Å². The highest BCUT2D eigenvalue weighted by Gasteiger charge is 2.05. The second kappa shape index (κ2) is 5.22. The Labute approximate surface area is 91.8 Å². The van der Waals surface area contributed by atoms with Crippen molar-refractivity contribution in [3.8, 4) is 11.5 Å². The predicted molar refractivity (Wildman–Crippen MR) is 57.8 cm³/mol. The Balaban J connectivity index is 2.66. The van der Waals surface area contributed by atoms with E-state index in [1.807, 2.05) is 6.92 Å². The zero-order valence-corrected chi connectivity index (χ0v) is 9.74. The molecule has 0 amide bonds. The molecule has 0 aliphatic carbocycles. The summed E-state index contributed by atoms with van der Waals surface area (Å²) in [5.74, 6) is 0.806. The monoisotopic (exact) mass is 260 g/mol. The summed E-state index contributed by atoms with van der Waals surface area (Å²) in [7, 11) is 1.62. The van der Waals surface area contributed by atoms with Gasteiger partial charge in [-0.25, -0.2) is 0 Å². The molecule has 1 atom stereocenters. The van der Waals surface area contributed by atoms with E-state index in [1.54, 1.807) is 25.3 Å². The SMILES string of the molecule is COC[C@H](C)Oc1cc(O)cc(Br)c1. The Morgan fingerprint density at radius 3 is 2.71 bits per heavy atom. The van der Waals surface area contributed by atoms with Crippen molar-refractivity contribution in [2.75, 3.05) is 13.7 Å². The molecule has 0 aromatic heterocycles. The van der Waals surface area contributed by atoms with Crippen LogP contribution in [0.2, 0.25) is 0 Å². The van der Waals surface area contributed by atoms with Crippen molar-refractivity contribution in [3.63, 3.8) is 0 Å². The summed E-state index contributed by atoms with van der Waals surface area (Å²) in [6.45, 7) is 2.43. The first-order chi connectivity index (χ1) is 6.61. The molecule has 1 N–H and O–H groups in total. The molecule has 78 valence electrons. The minimum Gasteiger partial charge on any atom is -0.508 e. The van der Waals surface area contributed by atoms with Crippen LogP contribution in [-0.2, 0) is 4.74 Å². The van der Waals surface area contributed by atoms with Crippen LogP contribution in [0.5, 0.6) is 11.5 Å². The quantitative estimate of drug-likeness (QED) is 0.905. The first kappa shape index (κ1) is 11.3. The van der Waals surface area contributed by atoms with Crippen LogP contribution < -0.4 is 4.74 Å². The minimum absolute atomic E-state index is 0.0336. The molecular weight excluding hydrogens is 248 g/mol. The van der Waals surface area contributed by atoms with Crippen molar-refractivity contribution < 1.29 is 14.6 Å². The third-order valence-electron chi connectivity index (χ3n) is 1.59. The Kier molecular flexibility index (Phi) is 4.22. The second-order valence-electron chi connectivity index (χ2n) is 3.03. The average molecular weight is 261 g/mol. The van der Waals surface area contributed by atoms with Crippen LogP contribution in [0.4, 0.5) is 0 Å². The van der Waals surface area contributed by atoms with Gasteiger partial charge in [-0.05, 0) is 19.1 Å². The Morgan fingerprint density at radius 1 is 1.43 bits per heavy atom. The number of halogens is 1. The lowest BCUT2D eigenvalue weighted by Gasteiger charge is -2.13. The Bertz CT molecular complexity index is 281. The van der Waals surface area contributed by atoms with Crippen molar-refractivity contribution >= 4 is 15.9 Å². The van der Waals surface area contributed by atoms with Gasteiger partial charge < -0.3 is 14.6 Å². The van der Waals surface area contributed by atoms with E-state index >= 15 is 0 Å². The number of methoxy groups -OCH3 is 1. The molecule has 0 saturated heterocycles. The molecule has 14 heavy (non-hydrogen) atoms. The zero-order chi connectivity index (χ0) is 10.6. The number of rotatable bonds is 4. The van der Waals surface area contributed by atoms with E-state index < -0.39 is 0 Å². The maximum absolute atomic E-state index is 9.30. The van der Waals surface area contributed by atoms with Gasteiger partial charge in [0, 0.05) is 17.6 Å². The van der Waals surface area contributed by atoms with E-state index in [2.05, 4.69) is 15.9 Å². The highest BCUT2D eigenvalue weighted by molar-refractivity contribution is 9.10. The van der Waals surface area contributed by atoms with Crippen molar-refractivity contribution in [2.24, 2.45) is 0 Å². The smallest absolute Gasteiger partial charge is 0.124 e. The summed E-state index contributed by atoms with van der Waals surface area (Å²) >= 11 is 3.27. The maximum Gasteiger partial charge on any atom is 0.124 e. The van der Waals surface area contributed by atoms with Crippen LogP contribution in [-0.4, -0.2) is 24.9 Å². The van der Waals surface area contributed by atoms with Gasteiger partial charge in [-0.3, -0.25) is 0 Å². The first-order valence-corrected chi connectivity index (χ1v) is 5.06. The Hall–Kier alpha value is -0.740. The predicted octanol–water partition coefficient (Wildman–Crippen LogP) is 2.57. The number of phenols is 1. The molecule has 1 aromatic rings. The molecule has 0 unspecified atom stereocenters.